The van der Waals surface area contributed by atoms with E-state index in [4.69, 9.17) is 4.74 Å². The molecule has 158 valence electrons. The first kappa shape index (κ1) is 20.5. The first-order valence-electron chi connectivity index (χ1n) is 9.60. The summed E-state index contributed by atoms with van der Waals surface area (Å²) in [4.78, 5) is 12.2. The number of ether oxygens (including phenoxy) is 1. The molecule has 1 aliphatic heterocycles. The number of aliphatic hydroxyl groups is 2. The fourth-order valence-electron chi connectivity index (χ4n) is 3.58. The molecule has 0 saturated carbocycles. The maximum Gasteiger partial charge on any atom is 0.223 e. The largest absolute Gasteiger partial charge is 0.389 e. The van der Waals surface area contributed by atoms with Crippen LogP contribution in [0.3, 0.4) is 0 Å². The second-order valence-corrected chi connectivity index (χ2v) is 7.84. The lowest BCUT2D eigenvalue weighted by atomic mass is 9.93. The van der Waals surface area contributed by atoms with Gasteiger partial charge in [-0.25, -0.2) is 18.7 Å². The first-order valence-corrected chi connectivity index (χ1v) is 9.60. The normalized spacial score (nSPS) is 19.8. The van der Waals surface area contributed by atoms with Gasteiger partial charge in [0, 0.05) is 23.8 Å². The van der Waals surface area contributed by atoms with Crippen LogP contribution in [0.15, 0.2) is 30.6 Å². The van der Waals surface area contributed by atoms with Crippen LogP contribution in [0.1, 0.15) is 25.8 Å². The van der Waals surface area contributed by atoms with Gasteiger partial charge in [-0.3, -0.25) is 4.98 Å². The van der Waals surface area contributed by atoms with Crippen molar-refractivity contribution in [3.05, 3.63) is 47.8 Å². The van der Waals surface area contributed by atoms with Gasteiger partial charge in [0.2, 0.25) is 5.95 Å². The van der Waals surface area contributed by atoms with Crippen molar-refractivity contribution in [3.63, 3.8) is 0 Å². The van der Waals surface area contributed by atoms with E-state index >= 15 is 0 Å². The molecule has 3 N–H and O–H groups in total. The highest BCUT2D eigenvalue weighted by atomic mass is 19.1. The Morgan fingerprint density at radius 3 is 2.73 bits per heavy atom. The Kier molecular flexibility index (Phi) is 5.35. The van der Waals surface area contributed by atoms with Gasteiger partial charge >= 0.3 is 0 Å². The van der Waals surface area contributed by atoms with Crippen molar-refractivity contribution in [2.45, 2.75) is 38.0 Å². The van der Waals surface area contributed by atoms with E-state index in [0.29, 0.717) is 24.0 Å². The van der Waals surface area contributed by atoms with Crippen LogP contribution in [0.5, 0.6) is 0 Å². The molecular weight excluding hydrogens is 394 g/mol. The van der Waals surface area contributed by atoms with E-state index in [1.807, 2.05) is 0 Å². The second-order valence-electron chi connectivity index (χ2n) is 7.84. The summed E-state index contributed by atoms with van der Waals surface area (Å²) >= 11 is 0. The average molecular weight is 416 g/mol. The Hall–Kier alpha value is -2.75. The lowest BCUT2D eigenvalue weighted by Crippen LogP contribution is -2.42. The molecule has 0 unspecified atom stereocenters. The number of aromatic nitrogens is 3. The van der Waals surface area contributed by atoms with Crippen molar-refractivity contribution in [1.82, 2.24) is 15.0 Å². The average Bonchev–Trinajstić information content (AvgIpc) is 2.70. The zero-order valence-electron chi connectivity index (χ0n) is 16.6. The molecule has 1 aliphatic rings. The zero-order chi connectivity index (χ0) is 21.5. The molecule has 0 radical (unpaired) electrons. The van der Waals surface area contributed by atoms with E-state index < -0.39 is 23.3 Å². The summed E-state index contributed by atoms with van der Waals surface area (Å²) in [6.45, 7) is 3.83. The topological polar surface area (TPSA) is 100 Å². The zero-order valence-corrected chi connectivity index (χ0v) is 16.6. The summed E-state index contributed by atoms with van der Waals surface area (Å²) in [5, 5.41) is 23.8. The number of hydrogen-bond donors (Lipinski definition) is 3. The van der Waals surface area contributed by atoms with Gasteiger partial charge in [0.1, 0.15) is 17.0 Å². The van der Waals surface area contributed by atoms with Crippen molar-refractivity contribution in [3.8, 4) is 11.3 Å². The number of nitrogens with zero attached hydrogens (tertiary/aromatic N) is 3. The van der Waals surface area contributed by atoms with Gasteiger partial charge in [0.05, 0.1) is 30.6 Å². The van der Waals surface area contributed by atoms with Crippen LogP contribution in [-0.2, 0) is 10.3 Å². The number of nitrogens with one attached hydrogen (secondary N) is 1. The Labute approximate surface area is 171 Å². The number of benzene rings is 1. The molecule has 4 rings (SSSR count). The standard InChI is InChI=1S/C21H22F2N4O3/c1-21(2,29)13-3-5-24-19-12(13)7-11(8-14(19)22)18-15(23)9-25-20(27-18)26-16-4-6-30-10-17(16)28/h3,5,7-9,16-17,28-29H,4,6,10H2,1-2H3,(H,25,26,27)/t16-,17-/m1/s1. The highest BCUT2D eigenvalue weighted by Crippen LogP contribution is 2.33. The van der Waals surface area contributed by atoms with E-state index in [1.165, 1.54) is 6.20 Å². The minimum atomic E-state index is -1.25. The number of aliphatic hydroxyl groups excluding tert-OH is 1. The van der Waals surface area contributed by atoms with Crippen LogP contribution < -0.4 is 5.32 Å². The fourth-order valence-corrected chi connectivity index (χ4v) is 3.58. The van der Waals surface area contributed by atoms with Crippen molar-refractivity contribution in [1.29, 1.82) is 0 Å². The third kappa shape index (κ3) is 3.96. The minimum absolute atomic E-state index is 0.0801. The third-order valence-electron chi connectivity index (χ3n) is 5.12. The minimum Gasteiger partial charge on any atom is -0.389 e. The van der Waals surface area contributed by atoms with Gasteiger partial charge < -0.3 is 20.3 Å². The molecule has 0 aliphatic carbocycles. The van der Waals surface area contributed by atoms with Crippen molar-refractivity contribution in [2.75, 3.05) is 18.5 Å². The molecule has 1 aromatic carbocycles. The molecule has 1 fully saturated rings. The predicted octanol–water partition coefficient (Wildman–Crippen LogP) is 2.76. The molecular formula is C21H22F2N4O3. The van der Waals surface area contributed by atoms with Gasteiger partial charge in [0.15, 0.2) is 5.82 Å². The molecule has 9 heteroatoms. The third-order valence-corrected chi connectivity index (χ3v) is 5.12. The summed E-state index contributed by atoms with van der Waals surface area (Å²) in [5.74, 6) is -1.26. The molecule has 30 heavy (non-hydrogen) atoms. The number of halogens is 2. The van der Waals surface area contributed by atoms with Crippen molar-refractivity contribution >= 4 is 16.9 Å². The van der Waals surface area contributed by atoms with Gasteiger partial charge in [-0.15, -0.1) is 0 Å². The van der Waals surface area contributed by atoms with E-state index in [1.54, 1.807) is 26.0 Å². The highest BCUT2D eigenvalue weighted by Gasteiger charge is 2.25. The summed E-state index contributed by atoms with van der Waals surface area (Å²) in [7, 11) is 0. The molecule has 7 nitrogen and oxygen atoms in total. The highest BCUT2D eigenvalue weighted by molar-refractivity contribution is 5.88. The first-order chi connectivity index (χ1) is 14.2. The van der Waals surface area contributed by atoms with E-state index in [-0.39, 0.29) is 35.4 Å². The lowest BCUT2D eigenvalue weighted by molar-refractivity contribution is -0.0136. The van der Waals surface area contributed by atoms with Gasteiger partial charge in [-0.1, -0.05) is 0 Å². The summed E-state index contributed by atoms with van der Waals surface area (Å²) in [5.41, 5.74) is -0.611. The van der Waals surface area contributed by atoms with Gasteiger partial charge in [-0.05, 0) is 44.0 Å². The number of fused-ring (bicyclic) bond motifs is 1. The van der Waals surface area contributed by atoms with Crippen LogP contribution in [0.4, 0.5) is 14.7 Å². The van der Waals surface area contributed by atoms with Crippen LogP contribution in [0.25, 0.3) is 22.2 Å². The summed E-state index contributed by atoms with van der Waals surface area (Å²) < 4.78 is 34.5. The molecule has 3 aromatic rings. The number of hydrogen-bond acceptors (Lipinski definition) is 7. The second kappa shape index (κ2) is 7.82. The monoisotopic (exact) mass is 416 g/mol. The number of anilines is 1. The maximum atomic E-state index is 14.8. The van der Waals surface area contributed by atoms with Crippen LogP contribution in [-0.4, -0.2) is 50.5 Å². The molecule has 1 saturated heterocycles. The van der Waals surface area contributed by atoms with Crippen molar-refractivity contribution in [2.24, 2.45) is 0 Å². The van der Waals surface area contributed by atoms with E-state index in [9.17, 15) is 19.0 Å². The van der Waals surface area contributed by atoms with Crippen molar-refractivity contribution < 1.29 is 23.7 Å². The van der Waals surface area contributed by atoms with Crippen LogP contribution in [0.2, 0.25) is 0 Å². The summed E-state index contributed by atoms with van der Waals surface area (Å²) in [6.07, 6.45) is 2.22. The summed E-state index contributed by atoms with van der Waals surface area (Å²) in [6, 6.07) is 3.97. The molecule has 3 heterocycles. The molecule has 2 aromatic heterocycles. The lowest BCUT2D eigenvalue weighted by Gasteiger charge is -2.28. The van der Waals surface area contributed by atoms with Gasteiger partial charge in [0.25, 0.3) is 0 Å². The van der Waals surface area contributed by atoms with E-state index in [0.717, 1.165) is 12.3 Å². The Morgan fingerprint density at radius 1 is 1.20 bits per heavy atom. The van der Waals surface area contributed by atoms with E-state index in [2.05, 4.69) is 20.3 Å². The predicted molar refractivity (Wildman–Crippen MR) is 107 cm³/mol. The van der Waals surface area contributed by atoms with Gasteiger partial charge in [-0.2, -0.15) is 0 Å². The molecule has 0 spiro atoms. The Balaban J connectivity index is 1.78. The molecule has 0 amide bonds. The molecule has 0 bridgehead atoms. The molecule has 2 atom stereocenters. The maximum absolute atomic E-state index is 14.8. The smallest absolute Gasteiger partial charge is 0.223 e. The number of rotatable bonds is 4. The Morgan fingerprint density at radius 2 is 2.00 bits per heavy atom. The fraction of sp³-hybridized carbons (Fsp3) is 0.381. The Bertz CT molecular complexity index is 1090. The quantitative estimate of drug-likeness (QED) is 0.601. The van der Waals surface area contributed by atoms with Crippen LogP contribution >= 0.6 is 0 Å². The SMILES string of the molecule is CC(C)(O)c1ccnc2c(F)cc(-c3nc(N[C@@H]4CCOC[C@H]4O)ncc3F)cc12. The van der Waals surface area contributed by atoms with Crippen LogP contribution in [0, 0.1) is 11.6 Å². The number of pyridine rings is 1.